The highest BCUT2D eigenvalue weighted by Gasteiger charge is 2.48. The van der Waals surface area contributed by atoms with Crippen LogP contribution in [0.2, 0.25) is 0 Å². The van der Waals surface area contributed by atoms with E-state index in [2.05, 4.69) is 5.32 Å². The molecule has 2 fully saturated rings. The van der Waals surface area contributed by atoms with Crippen molar-refractivity contribution in [2.24, 2.45) is 0 Å². The van der Waals surface area contributed by atoms with Crippen LogP contribution in [-0.2, 0) is 4.74 Å². The second-order valence-electron chi connectivity index (χ2n) is 3.27. The van der Waals surface area contributed by atoms with Gasteiger partial charge in [0.2, 0.25) is 0 Å². The minimum absolute atomic E-state index is 0.0360. The number of cyclic esters (lactones) is 1. The monoisotopic (exact) mass is 172 g/mol. The number of aliphatic hydroxyl groups is 1. The summed E-state index contributed by atoms with van der Waals surface area (Å²) in [6, 6.07) is 0. The average Bonchev–Trinajstić information content (AvgIpc) is 2.46. The van der Waals surface area contributed by atoms with Gasteiger partial charge in [-0.3, -0.25) is 4.90 Å². The van der Waals surface area contributed by atoms with E-state index in [1.54, 1.807) is 4.90 Å². The van der Waals surface area contributed by atoms with Crippen molar-refractivity contribution in [3.8, 4) is 0 Å². The van der Waals surface area contributed by atoms with Crippen LogP contribution in [0.25, 0.3) is 0 Å². The molecule has 12 heavy (non-hydrogen) atoms. The summed E-state index contributed by atoms with van der Waals surface area (Å²) in [6.07, 6.45) is -0.300. The topological polar surface area (TPSA) is 61.8 Å². The molecule has 68 valence electrons. The Morgan fingerprint density at radius 2 is 2.58 bits per heavy atom. The third kappa shape index (κ3) is 0.899. The van der Waals surface area contributed by atoms with Crippen molar-refractivity contribution in [2.45, 2.75) is 5.54 Å². The Balaban J connectivity index is 2.22. The highest BCUT2D eigenvalue weighted by atomic mass is 16.6. The largest absolute Gasteiger partial charge is 0.447 e. The van der Waals surface area contributed by atoms with Crippen LogP contribution in [0.3, 0.4) is 0 Å². The number of aliphatic hydroxyl groups excluding tert-OH is 1. The Kier molecular flexibility index (Phi) is 1.69. The van der Waals surface area contributed by atoms with Crippen LogP contribution < -0.4 is 5.32 Å². The van der Waals surface area contributed by atoms with Gasteiger partial charge in [-0.15, -0.1) is 0 Å². The molecule has 5 heteroatoms. The summed E-state index contributed by atoms with van der Waals surface area (Å²) in [5.41, 5.74) is -0.491. The van der Waals surface area contributed by atoms with Gasteiger partial charge in [0.05, 0.1) is 6.61 Å². The fourth-order valence-electron chi connectivity index (χ4n) is 1.72. The minimum atomic E-state index is -0.491. The number of rotatable bonds is 1. The first-order chi connectivity index (χ1) is 5.78. The minimum Gasteiger partial charge on any atom is -0.447 e. The maximum Gasteiger partial charge on any atom is 0.410 e. The number of hydrogen-bond donors (Lipinski definition) is 2. The van der Waals surface area contributed by atoms with E-state index in [1.165, 1.54) is 0 Å². The molecule has 0 bridgehead atoms. The highest BCUT2D eigenvalue weighted by Crippen LogP contribution is 2.24. The Morgan fingerprint density at radius 1 is 1.75 bits per heavy atom. The van der Waals surface area contributed by atoms with E-state index in [-0.39, 0.29) is 12.7 Å². The Morgan fingerprint density at radius 3 is 3.25 bits per heavy atom. The van der Waals surface area contributed by atoms with E-state index in [1.807, 2.05) is 0 Å². The summed E-state index contributed by atoms with van der Waals surface area (Å²) in [5.74, 6) is 0. The van der Waals surface area contributed by atoms with Crippen LogP contribution in [0.1, 0.15) is 0 Å². The number of fused-ring (bicyclic) bond motifs is 1. The summed E-state index contributed by atoms with van der Waals surface area (Å²) < 4.78 is 4.88. The third-order valence-electron chi connectivity index (χ3n) is 2.52. The Labute approximate surface area is 70.3 Å². The molecule has 2 aliphatic heterocycles. The van der Waals surface area contributed by atoms with Crippen molar-refractivity contribution in [1.29, 1.82) is 0 Å². The van der Waals surface area contributed by atoms with E-state index in [4.69, 9.17) is 9.84 Å². The molecule has 5 nitrogen and oxygen atoms in total. The van der Waals surface area contributed by atoms with Crippen LogP contribution in [0.4, 0.5) is 4.79 Å². The molecular weight excluding hydrogens is 160 g/mol. The van der Waals surface area contributed by atoms with Gasteiger partial charge < -0.3 is 15.2 Å². The summed E-state index contributed by atoms with van der Waals surface area (Å²) in [6.45, 7) is 2.28. The van der Waals surface area contributed by atoms with Gasteiger partial charge in [-0.25, -0.2) is 4.79 Å². The molecule has 2 N–H and O–H groups in total. The number of carbonyl (C=O) groups is 1. The number of ether oxygens (including phenoxy) is 1. The lowest BCUT2D eigenvalue weighted by Crippen LogP contribution is -2.62. The van der Waals surface area contributed by atoms with E-state index in [0.717, 1.165) is 6.54 Å². The number of hydrogen-bond acceptors (Lipinski definition) is 4. The summed E-state index contributed by atoms with van der Waals surface area (Å²) in [5, 5.41) is 12.3. The number of piperazine rings is 1. The average molecular weight is 172 g/mol. The molecule has 2 heterocycles. The lowest BCUT2D eigenvalue weighted by Gasteiger charge is -2.37. The molecular formula is C7H12N2O3. The Hall–Kier alpha value is -0.810. The van der Waals surface area contributed by atoms with Crippen LogP contribution in [-0.4, -0.2) is 54.5 Å². The third-order valence-corrected chi connectivity index (χ3v) is 2.52. The molecule has 0 radical (unpaired) electrons. The van der Waals surface area contributed by atoms with Crippen molar-refractivity contribution >= 4 is 6.09 Å². The molecule has 0 aromatic heterocycles. The normalized spacial score (nSPS) is 34.8. The molecule has 2 aliphatic rings. The molecule has 0 aromatic rings. The molecule has 0 saturated carbocycles. The van der Waals surface area contributed by atoms with Crippen molar-refractivity contribution in [2.75, 3.05) is 32.8 Å². The van der Waals surface area contributed by atoms with Crippen molar-refractivity contribution in [3.63, 3.8) is 0 Å². The van der Waals surface area contributed by atoms with Gasteiger partial charge >= 0.3 is 6.09 Å². The molecule has 0 spiro atoms. The van der Waals surface area contributed by atoms with Gasteiger partial charge in [0.15, 0.2) is 0 Å². The standard InChI is InChI=1S/C7H12N2O3/c10-4-7-3-8-1-2-9(7)6(11)12-5-7/h8,10H,1-5H2. The Bertz CT molecular complexity index is 209. The van der Waals surface area contributed by atoms with Gasteiger partial charge in [0.25, 0.3) is 0 Å². The van der Waals surface area contributed by atoms with Crippen LogP contribution >= 0.6 is 0 Å². The fourth-order valence-corrected chi connectivity index (χ4v) is 1.72. The fraction of sp³-hybridized carbons (Fsp3) is 0.857. The first kappa shape index (κ1) is 7.82. The number of nitrogens with one attached hydrogen (secondary N) is 1. The number of amides is 1. The molecule has 2 rings (SSSR count). The van der Waals surface area contributed by atoms with Gasteiger partial charge in [-0.2, -0.15) is 0 Å². The van der Waals surface area contributed by atoms with Crippen LogP contribution in [0.15, 0.2) is 0 Å². The molecule has 1 atom stereocenters. The van der Waals surface area contributed by atoms with Gasteiger partial charge in [0, 0.05) is 19.6 Å². The first-order valence-electron chi connectivity index (χ1n) is 4.04. The second-order valence-corrected chi connectivity index (χ2v) is 3.27. The van der Waals surface area contributed by atoms with Gasteiger partial charge in [0.1, 0.15) is 12.1 Å². The SMILES string of the molecule is O=C1OCC2(CO)CNCCN12. The highest BCUT2D eigenvalue weighted by molar-refractivity contribution is 5.71. The zero-order valence-electron chi connectivity index (χ0n) is 6.75. The predicted molar refractivity (Wildman–Crippen MR) is 40.7 cm³/mol. The zero-order valence-corrected chi connectivity index (χ0v) is 6.75. The smallest absolute Gasteiger partial charge is 0.410 e. The number of nitrogens with zero attached hydrogens (tertiary/aromatic N) is 1. The van der Waals surface area contributed by atoms with Crippen LogP contribution in [0, 0.1) is 0 Å². The van der Waals surface area contributed by atoms with E-state index in [9.17, 15) is 4.79 Å². The number of carbonyl (C=O) groups excluding carboxylic acids is 1. The molecule has 0 aliphatic carbocycles. The van der Waals surface area contributed by atoms with Crippen molar-refractivity contribution in [1.82, 2.24) is 10.2 Å². The van der Waals surface area contributed by atoms with Crippen LogP contribution in [0.5, 0.6) is 0 Å². The summed E-state index contributed by atoms with van der Waals surface area (Å²) in [7, 11) is 0. The molecule has 0 aromatic carbocycles. The molecule has 1 amide bonds. The molecule has 2 saturated heterocycles. The lowest BCUT2D eigenvalue weighted by molar-refractivity contribution is 0.0666. The van der Waals surface area contributed by atoms with Gasteiger partial charge in [-0.05, 0) is 0 Å². The van der Waals surface area contributed by atoms with E-state index in [0.29, 0.717) is 19.7 Å². The van der Waals surface area contributed by atoms with Crippen molar-refractivity contribution in [3.05, 3.63) is 0 Å². The maximum atomic E-state index is 11.1. The lowest BCUT2D eigenvalue weighted by atomic mass is 9.99. The quantitative estimate of drug-likeness (QED) is 0.520. The maximum absolute atomic E-state index is 11.1. The van der Waals surface area contributed by atoms with E-state index >= 15 is 0 Å². The zero-order chi connectivity index (χ0) is 8.60. The van der Waals surface area contributed by atoms with E-state index < -0.39 is 5.54 Å². The summed E-state index contributed by atoms with van der Waals surface area (Å²) >= 11 is 0. The predicted octanol–water partition coefficient (Wildman–Crippen LogP) is -1.23. The summed E-state index contributed by atoms with van der Waals surface area (Å²) in [4.78, 5) is 12.8. The van der Waals surface area contributed by atoms with Gasteiger partial charge in [-0.1, -0.05) is 0 Å². The first-order valence-corrected chi connectivity index (χ1v) is 4.04. The molecule has 1 unspecified atom stereocenters. The second kappa shape index (κ2) is 2.60. The van der Waals surface area contributed by atoms with Crippen molar-refractivity contribution < 1.29 is 14.6 Å².